The predicted octanol–water partition coefficient (Wildman–Crippen LogP) is 0.716. The molecule has 4 N–H and O–H groups in total. The molecule has 0 radical (unpaired) electrons. The summed E-state index contributed by atoms with van der Waals surface area (Å²) in [4.78, 5) is 12.8. The monoisotopic (exact) mass is 489 g/mol. The second-order valence-corrected chi connectivity index (χ2v) is 8.58. The molecule has 3 aromatic rings. The lowest BCUT2D eigenvalue weighted by atomic mass is 10.1. The van der Waals surface area contributed by atoms with Crippen LogP contribution < -0.4 is 5.32 Å². The number of fused-ring (bicyclic) bond motifs is 1. The Morgan fingerprint density at radius 2 is 2.12 bits per heavy atom. The van der Waals surface area contributed by atoms with Crippen LogP contribution in [0.1, 0.15) is 11.8 Å². The Morgan fingerprint density at radius 1 is 1.27 bits per heavy atom. The highest BCUT2D eigenvalue weighted by Gasteiger charge is 2.44. The van der Waals surface area contributed by atoms with Crippen LogP contribution in [0.4, 0.5) is 5.82 Å². The Labute approximate surface area is 165 Å². The van der Waals surface area contributed by atoms with Crippen molar-refractivity contribution in [2.75, 3.05) is 11.9 Å². The number of rotatable bonds is 5. The molecule has 0 spiro atoms. The van der Waals surface area contributed by atoms with Gasteiger partial charge >= 0.3 is 0 Å². The molecule has 138 valence electrons. The van der Waals surface area contributed by atoms with Crippen LogP contribution in [0, 0.1) is 2.88 Å². The van der Waals surface area contributed by atoms with Crippen LogP contribution in [0.25, 0.3) is 11.2 Å². The maximum atomic E-state index is 10.2. The minimum absolute atomic E-state index is 0.386. The number of ether oxygens (including phenoxy) is 1. The highest BCUT2D eigenvalue weighted by atomic mass is 127. The fraction of sp³-hybridized carbons (Fsp3) is 0.400. The fourth-order valence-electron chi connectivity index (χ4n) is 2.90. The number of thiophene rings is 1. The van der Waals surface area contributed by atoms with Crippen LogP contribution in [-0.2, 0) is 11.3 Å². The minimum atomic E-state index is -1.19. The molecule has 3 aromatic heterocycles. The van der Waals surface area contributed by atoms with E-state index in [-0.39, 0.29) is 6.61 Å². The Morgan fingerprint density at radius 3 is 2.81 bits per heavy atom. The molecular weight excluding hydrogens is 473 g/mol. The molecule has 4 rings (SSSR count). The lowest BCUT2D eigenvalue weighted by molar-refractivity contribution is -0.0511. The lowest BCUT2D eigenvalue weighted by Gasteiger charge is -2.16. The number of hydrogen-bond acceptors (Lipinski definition) is 9. The van der Waals surface area contributed by atoms with Gasteiger partial charge in [-0.15, -0.1) is 11.3 Å². The molecule has 0 aromatic carbocycles. The van der Waals surface area contributed by atoms with E-state index >= 15 is 0 Å². The molecule has 0 unspecified atom stereocenters. The maximum Gasteiger partial charge on any atom is 0.167 e. The number of halogens is 1. The number of aromatic nitrogens is 4. The molecule has 0 bridgehead atoms. The SMILES string of the molecule is OC[C@H]1O[C@@H](n2cnc3c(NCc4ccsc4I)ncnc32)[C@H](O)[C@@H]1O. The molecule has 26 heavy (non-hydrogen) atoms. The van der Waals surface area contributed by atoms with E-state index in [1.165, 1.54) is 21.1 Å². The fourth-order valence-corrected chi connectivity index (χ4v) is 4.36. The van der Waals surface area contributed by atoms with E-state index in [4.69, 9.17) is 4.74 Å². The van der Waals surface area contributed by atoms with Crippen LogP contribution in [-0.4, -0.2) is 59.8 Å². The van der Waals surface area contributed by atoms with Crippen molar-refractivity contribution in [3.05, 3.63) is 32.5 Å². The highest BCUT2D eigenvalue weighted by molar-refractivity contribution is 14.1. The Balaban J connectivity index is 1.62. The number of aliphatic hydroxyl groups excluding tert-OH is 3. The highest BCUT2D eigenvalue weighted by Crippen LogP contribution is 2.32. The van der Waals surface area contributed by atoms with Gasteiger partial charge in [-0.05, 0) is 39.6 Å². The third-order valence-electron chi connectivity index (χ3n) is 4.29. The van der Waals surface area contributed by atoms with Gasteiger partial charge in [0.15, 0.2) is 23.2 Å². The number of aliphatic hydroxyl groups is 3. The number of hydrogen-bond donors (Lipinski definition) is 4. The van der Waals surface area contributed by atoms with Crippen molar-refractivity contribution in [1.82, 2.24) is 19.5 Å². The van der Waals surface area contributed by atoms with Gasteiger partial charge in [0, 0.05) is 6.54 Å². The van der Waals surface area contributed by atoms with Crippen molar-refractivity contribution < 1.29 is 20.1 Å². The van der Waals surface area contributed by atoms with Crippen molar-refractivity contribution in [2.24, 2.45) is 0 Å². The summed E-state index contributed by atoms with van der Waals surface area (Å²) in [7, 11) is 0. The molecule has 9 nitrogen and oxygen atoms in total. The van der Waals surface area contributed by atoms with E-state index in [9.17, 15) is 15.3 Å². The first kappa shape index (κ1) is 18.0. The number of imidazole rings is 1. The standard InChI is InChI=1S/C15H16IN5O4S/c16-12-7(1-2-26-12)3-17-13-9-14(19-5-18-13)21(6-20-9)15-11(24)10(23)8(4-22)25-15/h1-2,5-6,8,10-11,15,22-24H,3-4H2,(H,17,18,19)/t8-,10-,11-,15-/m1/s1. The van der Waals surface area contributed by atoms with Gasteiger partial charge in [-0.2, -0.15) is 0 Å². The van der Waals surface area contributed by atoms with Gasteiger partial charge < -0.3 is 25.4 Å². The lowest BCUT2D eigenvalue weighted by Crippen LogP contribution is -2.33. The third-order valence-corrected chi connectivity index (χ3v) is 6.49. The predicted molar refractivity (Wildman–Crippen MR) is 103 cm³/mol. The van der Waals surface area contributed by atoms with Crippen molar-refractivity contribution in [3.63, 3.8) is 0 Å². The molecule has 4 heterocycles. The van der Waals surface area contributed by atoms with Crippen molar-refractivity contribution >= 4 is 50.9 Å². The Hall–Kier alpha value is -1.38. The normalized spacial score (nSPS) is 25.8. The van der Waals surface area contributed by atoms with Gasteiger partial charge in [0.05, 0.1) is 15.8 Å². The van der Waals surface area contributed by atoms with Crippen molar-refractivity contribution in [3.8, 4) is 0 Å². The van der Waals surface area contributed by atoms with Gasteiger partial charge in [-0.1, -0.05) is 0 Å². The number of nitrogens with zero attached hydrogens (tertiary/aromatic N) is 4. The summed E-state index contributed by atoms with van der Waals surface area (Å²) in [5, 5.41) is 34.7. The van der Waals surface area contributed by atoms with E-state index in [0.29, 0.717) is 23.5 Å². The zero-order valence-electron chi connectivity index (χ0n) is 13.4. The van der Waals surface area contributed by atoms with E-state index in [2.05, 4.69) is 48.9 Å². The minimum Gasteiger partial charge on any atom is -0.394 e. The quantitative estimate of drug-likeness (QED) is 0.387. The summed E-state index contributed by atoms with van der Waals surface area (Å²) in [5.74, 6) is 0.572. The van der Waals surface area contributed by atoms with E-state index < -0.39 is 24.5 Å². The summed E-state index contributed by atoms with van der Waals surface area (Å²) in [6.07, 6.45) is -1.21. The second-order valence-electron chi connectivity index (χ2n) is 5.85. The first-order valence-corrected chi connectivity index (χ1v) is 9.81. The zero-order chi connectivity index (χ0) is 18.3. The van der Waals surface area contributed by atoms with E-state index in [1.54, 1.807) is 15.9 Å². The van der Waals surface area contributed by atoms with Crippen molar-refractivity contribution in [1.29, 1.82) is 0 Å². The van der Waals surface area contributed by atoms with Gasteiger partial charge in [0.1, 0.15) is 24.6 Å². The Kier molecular flexibility index (Phi) is 5.07. The number of anilines is 1. The van der Waals surface area contributed by atoms with Crippen LogP contribution >= 0.6 is 33.9 Å². The largest absolute Gasteiger partial charge is 0.394 e. The molecule has 1 aliphatic heterocycles. The molecule has 0 amide bonds. The summed E-state index contributed by atoms with van der Waals surface area (Å²) in [6.45, 7) is 0.219. The molecule has 11 heteroatoms. The average molecular weight is 489 g/mol. The van der Waals surface area contributed by atoms with Crippen LogP contribution in [0.2, 0.25) is 0 Å². The summed E-state index contributed by atoms with van der Waals surface area (Å²) >= 11 is 3.97. The van der Waals surface area contributed by atoms with Gasteiger partial charge in [0.2, 0.25) is 0 Å². The molecule has 1 aliphatic rings. The first-order chi connectivity index (χ1) is 12.6. The molecule has 4 atom stereocenters. The molecule has 1 saturated heterocycles. The molecule has 0 aliphatic carbocycles. The van der Waals surface area contributed by atoms with Gasteiger partial charge in [0.25, 0.3) is 0 Å². The van der Waals surface area contributed by atoms with Crippen molar-refractivity contribution in [2.45, 2.75) is 31.1 Å². The molecular formula is C15H16IN5O4S. The smallest absolute Gasteiger partial charge is 0.167 e. The maximum absolute atomic E-state index is 10.2. The van der Waals surface area contributed by atoms with Gasteiger partial charge in [-0.25, -0.2) is 15.0 Å². The van der Waals surface area contributed by atoms with Crippen LogP contribution in [0.5, 0.6) is 0 Å². The summed E-state index contributed by atoms with van der Waals surface area (Å²) in [6, 6.07) is 2.05. The first-order valence-electron chi connectivity index (χ1n) is 7.86. The Bertz CT molecular complexity index is 918. The van der Waals surface area contributed by atoms with Gasteiger partial charge in [-0.3, -0.25) is 4.57 Å². The summed E-state index contributed by atoms with van der Waals surface area (Å²) in [5.41, 5.74) is 2.18. The van der Waals surface area contributed by atoms with Crippen LogP contribution in [0.15, 0.2) is 24.1 Å². The average Bonchev–Trinajstić information content (AvgIpc) is 3.32. The van der Waals surface area contributed by atoms with Crippen LogP contribution in [0.3, 0.4) is 0 Å². The topological polar surface area (TPSA) is 126 Å². The molecule has 0 saturated carbocycles. The third kappa shape index (κ3) is 3.08. The number of nitrogens with one attached hydrogen (secondary N) is 1. The zero-order valence-corrected chi connectivity index (χ0v) is 16.3. The van der Waals surface area contributed by atoms with E-state index in [1.807, 2.05) is 5.38 Å². The molecule has 1 fully saturated rings. The van der Waals surface area contributed by atoms with E-state index in [0.717, 1.165) is 0 Å². The summed E-state index contributed by atoms with van der Waals surface area (Å²) < 4.78 is 8.30. The second kappa shape index (κ2) is 7.32.